The smallest absolute Gasteiger partial charge is 0.259 e. The van der Waals surface area contributed by atoms with E-state index in [1.807, 2.05) is 14.0 Å². The van der Waals surface area contributed by atoms with Gasteiger partial charge in [-0.05, 0) is 26.0 Å². The van der Waals surface area contributed by atoms with Gasteiger partial charge in [0.05, 0.1) is 12.6 Å². The molecular weight excluding hydrogens is 430 g/mol. The van der Waals surface area contributed by atoms with Gasteiger partial charge in [0.25, 0.3) is 5.91 Å². The average molecular weight is 466 g/mol. The first kappa shape index (κ1) is 25.6. The molecule has 0 unspecified atom stereocenters. The molecule has 3 heterocycles. The molecule has 34 heavy (non-hydrogen) atoms. The highest BCUT2D eigenvalue weighted by Crippen LogP contribution is 2.27. The van der Waals surface area contributed by atoms with Crippen molar-refractivity contribution in [3.63, 3.8) is 0 Å². The Morgan fingerprint density at radius 3 is 2.68 bits per heavy atom. The molecule has 0 radical (unpaired) electrons. The Balaban J connectivity index is 1.89. The third-order valence-electron chi connectivity index (χ3n) is 5.82. The predicted octanol–water partition coefficient (Wildman–Crippen LogP) is 2.62. The number of ether oxygens (including phenoxy) is 1. The molecule has 8 heteroatoms. The maximum atomic E-state index is 13.5. The van der Waals surface area contributed by atoms with Crippen molar-refractivity contribution in [3.8, 4) is 17.7 Å². The Labute approximate surface area is 202 Å². The highest BCUT2D eigenvalue weighted by atomic mass is 16.5. The van der Waals surface area contributed by atoms with E-state index < -0.39 is 0 Å². The van der Waals surface area contributed by atoms with E-state index in [0.717, 1.165) is 12.0 Å². The van der Waals surface area contributed by atoms with Gasteiger partial charge in [-0.1, -0.05) is 32.6 Å². The lowest BCUT2D eigenvalue weighted by atomic mass is 9.99. The minimum absolute atomic E-state index is 0.0212. The van der Waals surface area contributed by atoms with Crippen molar-refractivity contribution in [1.82, 2.24) is 24.8 Å². The van der Waals surface area contributed by atoms with E-state index in [4.69, 9.17) is 4.74 Å². The van der Waals surface area contributed by atoms with Gasteiger partial charge in [0.2, 0.25) is 5.88 Å². The number of likely N-dealkylation sites (N-methyl/N-ethyl adjacent to an activating group) is 1. The van der Waals surface area contributed by atoms with Crippen molar-refractivity contribution in [2.75, 3.05) is 26.7 Å². The van der Waals surface area contributed by atoms with E-state index in [1.54, 1.807) is 29.6 Å². The second-order valence-electron chi connectivity index (χ2n) is 9.54. The van der Waals surface area contributed by atoms with Crippen LogP contribution in [0.3, 0.4) is 0 Å². The molecule has 0 fully saturated rings. The molecule has 182 valence electrons. The maximum Gasteiger partial charge on any atom is 0.259 e. The summed E-state index contributed by atoms with van der Waals surface area (Å²) in [7, 11) is 2.02. The van der Waals surface area contributed by atoms with Crippen LogP contribution in [0.2, 0.25) is 0 Å². The number of carbonyl (C=O) groups excluding carboxylic acids is 1. The van der Waals surface area contributed by atoms with Crippen molar-refractivity contribution < 1.29 is 14.6 Å². The van der Waals surface area contributed by atoms with Gasteiger partial charge in [-0.3, -0.25) is 9.69 Å². The molecule has 0 bridgehead atoms. The van der Waals surface area contributed by atoms with E-state index in [0.29, 0.717) is 42.6 Å². The summed E-state index contributed by atoms with van der Waals surface area (Å²) in [5.41, 5.74) is 2.07. The van der Waals surface area contributed by atoms with Crippen LogP contribution in [-0.4, -0.2) is 74.7 Å². The van der Waals surface area contributed by atoms with Crippen LogP contribution in [0.5, 0.6) is 5.88 Å². The lowest BCUT2D eigenvalue weighted by molar-refractivity contribution is 0.0325. The van der Waals surface area contributed by atoms with E-state index >= 15 is 0 Å². The Bertz CT molecular complexity index is 1020. The van der Waals surface area contributed by atoms with Crippen molar-refractivity contribution in [1.29, 1.82) is 0 Å². The highest BCUT2D eigenvalue weighted by molar-refractivity contribution is 5.97. The molecule has 8 nitrogen and oxygen atoms in total. The van der Waals surface area contributed by atoms with Crippen molar-refractivity contribution in [3.05, 3.63) is 47.7 Å². The molecule has 1 amide bonds. The number of nitrogens with zero attached hydrogens (tertiary/aromatic N) is 5. The number of carbonyl (C=O) groups is 1. The second-order valence-corrected chi connectivity index (χ2v) is 9.54. The lowest BCUT2D eigenvalue weighted by Gasteiger charge is -2.37. The number of hydrogen-bond donors (Lipinski definition) is 1. The SMILES string of the molecule is CC(C)CC#Cc1cnc2c(c1)C(=O)N([C@H](C)CO)C[C@@H](C)[C@@H](CN(C)Cc1cncnc1)O2. The first-order valence-corrected chi connectivity index (χ1v) is 11.8. The molecule has 0 saturated heterocycles. The zero-order valence-electron chi connectivity index (χ0n) is 20.7. The van der Waals surface area contributed by atoms with Gasteiger partial charge in [0.15, 0.2) is 0 Å². The lowest BCUT2D eigenvalue weighted by Crippen LogP contribution is -2.49. The van der Waals surface area contributed by atoms with Gasteiger partial charge in [-0.25, -0.2) is 15.0 Å². The topological polar surface area (TPSA) is 91.7 Å². The summed E-state index contributed by atoms with van der Waals surface area (Å²) in [6, 6.07) is 1.43. The summed E-state index contributed by atoms with van der Waals surface area (Å²) in [4.78, 5) is 30.0. The Morgan fingerprint density at radius 2 is 2.00 bits per heavy atom. The van der Waals surface area contributed by atoms with Crippen LogP contribution < -0.4 is 4.74 Å². The molecule has 2 aromatic rings. The third kappa shape index (κ3) is 6.75. The molecule has 2 aromatic heterocycles. The van der Waals surface area contributed by atoms with Crippen LogP contribution >= 0.6 is 0 Å². The molecule has 0 aliphatic carbocycles. The van der Waals surface area contributed by atoms with E-state index in [1.165, 1.54) is 6.33 Å². The van der Waals surface area contributed by atoms with Crippen molar-refractivity contribution >= 4 is 5.91 Å². The van der Waals surface area contributed by atoms with Crippen LogP contribution in [0.15, 0.2) is 31.0 Å². The first-order chi connectivity index (χ1) is 16.3. The zero-order valence-corrected chi connectivity index (χ0v) is 20.7. The van der Waals surface area contributed by atoms with Crippen LogP contribution in [-0.2, 0) is 6.54 Å². The van der Waals surface area contributed by atoms with Gasteiger partial charge >= 0.3 is 0 Å². The van der Waals surface area contributed by atoms with Crippen LogP contribution in [0.4, 0.5) is 0 Å². The number of amides is 1. The molecule has 0 spiro atoms. The molecule has 0 saturated carbocycles. The van der Waals surface area contributed by atoms with Gasteiger partial charge in [0.1, 0.15) is 18.0 Å². The third-order valence-corrected chi connectivity index (χ3v) is 5.82. The van der Waals surface area contributed by atoms with Gasteiger partial charge in [0, 0.05) is 61.7 Å². The average Bonchev–Trinajstić information content (AvgIpc) is 2.81. The van der Waals surface area contributed by atoms with Gasteiger partial charge < -0.3 is 14.7 Å². The van der Waals surface area contributed by atoms with Crippen molar-refractivity contribution in [2.24, 2.45) is 11.8 Å². The van der Waals surface area contributed by atoms with Crippen molar-refractivity contribution in [2.45, 2.75) is 52.8 Å². The molecule has 3 atom stereocenters. The molecule has 1 aliphatic heterocycles. The number of hydrogen-bond acceptors (Lipinski definition) is 7. The quantitative estimate of drug-likeness (QED) is 0.629. The summed E-state index contributed by atoms with van der Waals surface area (Å²) in [6.45, 7) is 9.79. The van der Waals surface area contributed by atoms with Gasteiger partial charge in [-0.2, -0.15) is 0 Å². The summed E-state index contributed by atoms with van der Waals surface area (Å²) in [6.07, 6.45) is 7.34. The van der Waals surface area contributed by atoms with Crippen LogP contribution in [0.25, 0.3) is 0 Å². The number of aliphatic hydroxyl groups excluding tert-OH is 1. The number of fused-ring (bicyclic) bond motifs is 1. The number of aromatic nitrogens is 3. The largest absolute Gasteiger partial charge is 0.472 e. The molecular formula is C26H35N5O3. The monoisotopic (exact) mass is 465 g/mol. The standard InChI is InChI=1S/C26H35N5O3/c1-18(2)7-6-8-21-9-23-25(29-12-21)34-24(15-30(5)14-22-10-27-17-28-11-22)19(3)13-31(26(23)33)20(4)16-32/h9-12,17-20,24,32H,7,13-16H2,1-5H3/t19-,20-,24-/m1/s1. The summed E-state index contributed by atoms with van der Waals surface area (Å²) in [5, 5.41) is 9.82. The first-order valence-electron chi connectivity index (χ1n) is 11.8. The van der Waals surface area contributed by atoms with E-state index in [2.05, 4.69) is 52.5 Å². The van der Waals surface area contributed by atoms with Crippen LogP contribution in [0.1, 0.15) is 55.6 Å². The maximum absolute atomic E-state index is 13.5. The van der Waals surface area contributed by atoms with Gasteiger partial charge in [-0.15, -0.1) is 0 Å². The molecule has 1 aliphatic rings. The fraction of sp³-hybridized carbons (Fsp3) is 0.538. The Hall–Kier alpha value is -3.02. The zero-order chi connectivity index (χ0) is 24.7. The molecule has 0 aromatic carbocycles. The number of aliphatic hydroxyl groups is 1. The molecule has 3 rings (SSSR count). The Kier molecular flexibility index (Phi) is 8.97. The number of rotatable bonds is 7. The molecule has 1 N–H and O–H groups in total. The van der Waals surface area contributed by atoms with E-state index in [-0.39, 0.29) is 30.6 Å². The minimum Gasteiger partial charge on any atom is -0.472 e. The Morgan fingerprint density at radius 1 is 1.26 bits per heavy atom. The summed E-state index contributed by atoms with van der Waals surface area (Å²) >= 11 is 0. The predicted molar refractivity (Wildman–Crippen MR) is 130 cm³/mol. The highest BCUT2D eigenvalue weighted by Gasteiger charge is 2.34. The normalized spacial score (nSPS) is 19.1. The van der Waals surface area contributed by atoms with E-state index in [9.17, 15) is 9.90 Å². The fourth-order valence-electron chi connectivity index (χ4n) is 3.84. The fourth-order valence-corrected chi connectivity index (χ4v) is 3.84. The minimum atomic E-state index is -0.323. The summed E-state index contributed by atoms with van der Waals surface area (Å²) < 4.78 is 6.35. The second kappa shape index (κ2) is 11.9. The van der Waals surface area contributed by atoms with Crippen LogP contribution in [0, 0.1) is 23.7 Å². The number of pyridine rings is 1. The summed E-state index contributed by atoms with van der Waals surface area (Å²) in [5.74, 6) is 6.86.